The Hall–Kier alpha value is -0.190. The molecule has 0 aliphatic carbocycles. The normalized spacial score (nSPS) is 10.4. The van der Waals surface area contributed by atoms with Crippen molar-refractivity contribution in [2.24, 2.45) is 0 Å². The van der Waals surface area contributed by atoms with Gasteiger partial charge in [0.05, 0.1) is 17.9 Å². The molecule has 0 aliphatic rings. The summed E-state index contributed by atoms with van der Waals surface area (Å²) < 4.78 is 0. The number of benzene rings is 2. The number of nitrogens with zero attached hydrogens (tertiary/aromatic N) is 1. The molecule has 154 valence electrons. The molecule has 0 amide bonds. The van der Waals surface area contributed by atoms with Crippen LogP contribution in [-0.4, -0.2) is 29.4 Å². The third-order valence-corrected chi connectivity index (χ3v) is 4.51. The van der Waals surface area contributed by atoms with E-state index >= 15 is 0 Å². The molecule has 0 fully saturated rings. The molecular weight excluding hydrogens is 443 g/mol. The van der Waals surface area contributed by atoms with Crippen molar-refractivity contribution >= 4 is 17.9 Å². The molecule has 0 radical (unpaired) electrons. The first kappa shape index (κ1) is 34.0. The van der Waals surface area contributed by atoms with Crippen LogP contribution in [0.1, 0.15) is 58.2 Å². The van der Waals surface area contributed by atoms with Crippen LogP contribution in [0.25, 0.3) is 0 Å². The number of carbonyl (C=O) groups is 3. The predicted molar refractivity (Wildman–Crippen MR) is 99.4 cm³/mol. The van der Waals surface area contributed by atoms with Gasteiger partial charge in [-0.25, -0.2) is 0 Å². The molecular formula is C22H22NNa3O6. The Kier molecular flexibility index (Phi) is 15.9. The van der Waals surface area contributed by atoms with Crippen LogP contribution < -0.4 is 104 Å². The fourth-order valence-electron chi connectivity index (χ4n) is 3.01. The van der Waals surface area contributed by atoms with Crippen LogP contribution in [0.2, 0.25) is 0 Å². The van der Waals surface area contributed by atoms with E-state index in [1.54, 1.807) is 4.90 Å². The molecule has 32 heavy (non-hydrogen) atoms. The largest absolute Gasteiger partial charge is 1.00 e. The summed E-state index contributed by atoms with van der Waals surface area (Å²) in [6.07, 6.45) is 0. The van der Waals surface area contributed by atoms with Crippen LogP contribution in [0.15, 0.2) is 42.5 Å². The average molecular weight is 465 g/mol. The van der Waals surface area contributed by atoms with Gasteiger partial charge in [0.25, 0.3) is 0 Å². The minimum atomic E-state index is -1.64. The van der Waals surface area contributed by atoms with Gasteiger partial charge >= 0.3 is 88.7 Å². The van der Waals surface area contributed by atoms with Crippen LogP contribution in [0.5, 0.6) is 0 Å². The van der Waals surface area contributed by atoms with E-state index in [0.29, 0.717) is 12.1 Å². The standard InChI is InChI=1S/C22H25NO6.3Na/c1-22(2,3)16-7-4-14(5-8-16)11-23(13-19(24)25)12-15-6-9-17(20(26)27)18(10-15)21(28)29;;;/h4-10H,11-13H2,1-3H3,(H,24,25)(H,26,27)(H,28,29);;;/q;3*+1/p-3. The Morgan fingerprint density at radius 3 is 1.66 bits per heavy atom. The van der Waals surface area contributed by atoms with Gasteiger partial charge in [-0.1, -0.05) is 57.2 Å². The first-order valence-electron chi connectivity index (χ1n) is 9.04. The first-order chi connectivity index (χ1) is 13.5. The van der Waals surface area contributed by atoms with Crippen molar-refractivity contribution in [2.75, 3.05) is 6.54 Å². The summed E-state index contributed by atoms with van der Waals surface area (Å²) in [6.45, 7) is 6.29. The molecule has 0 heterocycles. The number of carbonyl (C=O) groups excluding carboxylic acids is 3. The molecule has 2 rings (SSSR count). The van der Waals surface area contributed by atoms with Crippen LogP contribution in [-0.2, 0) is 23.3 Å². The van der Waals surface area contributed by atoms with Crippen molar-refractivity contribution in [3.63, 3.8) is 0 Å². The number of carboxylic acid groups (broad SMARTS) is 3. The molecule has 0 N–H and O–H groups in total. The SMILES string of the molecule is CC(C)(C)c1ccc(CN(CC(=O)[O-])Cc2ccc(C(=O)[O-])c(C(=O)[O-])c2)cc1.[Na+].[Na+].[Na+]. The third-order valence-electron chi connectivity index (χ3n) is 4.51. The summed E-state index contributed by atoms with van der Waals surface area (Å²) in [7, 11) is 0. The van der Waals surface area contributed by atoms with E-state index in [2.05, 4.69) is 20.8 Å². The van der Waals surface area contributed by atoms with E-state index in [0.717, 1.165) is 23.3 Å². The molecule has 7 nitrogen and oxygen atoms in total. The van der Waals surface area contributed by atoms with Crippen molar-refractivity contribution < 1.29 is 118 Å². The molecule has 0 unspecified atom stereocenters. The molecule has 2 aromatic carbocycles. The summed E-state index contributed by atoms with van der Waals surface area (Å²) in [4.78, 5) is 35.0. The summed E-state index contributed by atoms with van der Waals surface area (Å²) >= 11 is 0. The molecule has 0 bridgehead atoms. The molecule has 0 atom stereocenters. The Morgan fingerprint density at radius 1 is 0.750 bits per heavy atom. The maximum Gasteiger partial charge on any atom is 1.00 e. The second kappa shape index (κ2) is 14.9. The number of rotatable bonds is 8. The van der Waals surface area contributed by atoms with Gasteiger partial charge in [0.15, 0.2) is 0 Å². The van der Waals surface area contributed by atoms with Crippen LogP contribution >= 0.6 is 0 Å². The zero-order chi connectivity index (χ0) is 21.8. The number of carboxylic acids is 3. The van der Waals surface area contributed by atoms with E-state index in [9.17, 15) is 29.7 Å². The monoisotopic (exact) mass is 465 g/mol. The summed E-state index contributed by atoms with van der Waals surface area (Å²) in [5.74, 6) is -4.54. The van der Waals surface area contributed by atoms with Gasteiger partial charge in [0, 0.05) is 30.8 Å². The second-order valence-electron chi connectivity index (χ2n) is 7.92. The summed E-state index contributed by atoms with van der Waals surface area (Å²) in [5.41, 5.74) is 1.45. The van der Waals surface area contributed by atoms with Crippen molar-refractivity contribution in [1.29, 1.82) is 0 Å². The Morgan fingerprint density at radius 2 is 1.22 bits per heavy atom. The van der Waals surface area contributed by atoms with Crippen molar-refractivity contribution in [2.45, 2.75) is 39.3 Å². The predicted octanol–water partition coefficient (Wildman–Crippen LogP) is -9.52. The van der Waals surface area contributed by atoms with Crippen LogP contribution in [0, 0.1) is 0 Å². The van der Waals surface area contributed by atoms with Gasteiger partial charge in [0.2, 0.25) is 0 Å². The van der Waals surface area contributed by atoms with Gasteiger partial charge in [-0.2, -0.15) is 0 Å². The molecule has 0 spiro atoms. The van der Waals surface area contributed by atoms with Crippen LogP contribution in [0.4, 0.5) is 0 Å². The summed E-state index contributed by atoms with van der Waals surface area (Å²) in [5, 5.41) is 33.4. The Balaban J connectivity index is 0. The van der Waals surface area contributed by atoms with Gasteiger partial charge < -0.3 is 29.7 Å². The van der Waals surface area contributed by atoms with Gasteiger partial charge in [0.1, 0.15) is 0 Å². The first-order valence-corrected chi connectivity index (χ1v) is 9.04. The number of hydrogen-bond acceptors (Lipinski definition) is 7. The summed E-state index contributed by atoms with van der Waals surface area (Å²) in [6, 6.07) is 11.5. The Labute approximate surface area is 254 Å². The molecule has 10 heteroatoms. The number of aliphatic carboxylic acids is 1. The molecule has 0 aromatic heterocycles. The minimum Gasteiger partial charge on any atom is -0.549 e. The van der Waals surface area contributed by atoms with E-state index in [4.69, 9.17) is 0 Å². The van der Waals surface area contributed by atoms with Crippen molar-refractivity contribution in [3.05, 3.63) is 70.3 Å². The van der Waals surface area contributed by atoms with Gasteiger partial charge in [-0.15, -0.1) is 0 Å². The van der Waals surface area contributed by atoms with Crippen LogP contribution in [0.3, 0.4) is 0 Å². The van der Waals surface area contributed by atoms with E-state index < -0.39 is 29.0 Å². The topological polar surface area (TPSA) is 124 Å². The maximum absolute atomic E-state index is 11.2. The average Bonchev–Trinajstić information content (AvgIpc) is 2.60. The van der Waals surface area contributed by atoms with E-state index in [1.807, 2.05) is 24.3 Å². The van der Waals surface area contributed by atoms with Gasteiger partial charge in [-0.3, -0.25) is 4.90 Å². The zero-order valence-corrected chi connectivity index (χ0v) is 25.6. The Bertz CT molecular complexity index is 926. The second-order valence-corrected chi connectivity index (χ2v) is 7.92. The smallest absolute Gasteiger partial charge is 0.549 e. The van der Waals surface area contributed by atoms with Crippen molar-refractivity contribution in [1.82, 2.24) is 4.90 Å². The minimum absolute atomic E-state index is 0. The molecule has 2 aromatic rings. The number of aromatic carboxylic acids is 2. The molecule has 0 aliphatic heterocycles. The molecule has 0 saturated carbocycles. The van der Waals surface area contributed by atoms with Gasteiger partial charge in [-0.05, 0) is 28.2 Å². The van der Waals surface area contributed by atoms with E-state index in [-0.39, 0.29) is 107 Å². The quantitative estimate of drug-likeness (QED) is 0.355. The van der Waals surface area contributed by atoms with Crippen molar-refractivity contribution in [3.8, 4) is 0 Å². The van der Waals surface area contributed by atoms with E-state index in [1.165, 1.54) is 6.07 Å². The fourth-order valence-corrected chi connectivity index (χ4v) is 3.01. The zero-order valence-electron chi connectivity index (χ0n) is 19.6. The molecule has 0 saturated heterocycles. The fraction of sp³-hybridized carbons (Fsp3) is 0.318. The number of hydrogen-bond donors (Lipinski definition) is 0. The third kappa shape index (κ3) is 10.4. The maximum atomic E-state index is 11.2.